The van der Waals surface area contributed by atoms with E-state index in [9.17, 15) is 0 Å². The van der Waals surface area contributed by atoms with Gasteiger partial charge in [0.05, 0.1) is 14.2 Å². The molecule has 6 heteroatoms. The van der Waals surface area contributed by atoms with Crippen LogP contribution in [0.3, 0.4) is 0 Å². The predicted octanol–water partition coefficient (Wildman–Crippen LogP) is 3.81. The molecule has 2 aromatic rings. The third-order valence-electron chi connectivity index (χ3n) is 4.63. The minimum absolute atomic E-state index is 0. The first-order chi connectivity index (χ1) is 11.6. The van der Waals surface area contributed by atoms with Gasteiger partial charge in [-0.15, -0.1) is 12.4 Å². The van der Waals surface area contributed by atoms with Gasteiger partial charge in [0.1, 0.15) is 11.5 Å². The summed E-state index contributed by atoms with van der Waals surface area (Å²) in [5, 5.41) is 0. The van der Waals surface area contributed by atoms with Crippen LogP contribution in [-0.2, 0) is 6.54 Å². The van der Waals surface area contributed by atoms with Gasteiger partial charge in [0, 0.05) is 47.7 Å². The molecule has 2 N–H and O–H groups in total. The number of rotatable bonds is 5. The Labute approximate surface area is 163 Å². The van der Waals surface area contributed by atoms with Crippen molar-refractivity contribution in [2.75, 3.05) is 27.3 Å². The summed E-state index contributed by atoms with van der Waals surface area (Å²) in [5.41, 5.74) is 8.84. The van der Waals surface area contributed by atoms with Gasteiger partial charge in [-0.3, -0.25) is 4.90 Å². The number of likely N-dealkylation sites (tertiary alicyclic amines) is 1. The Morgan fingerprint density at radius 1 is 1.12 bits per heavy atom. The molecule has 1 heterocycles. The zero-order chi connectivity index (χ0) is 17.1. The van der Waals surface area contributed by atoms with Gasteiger partial charge in [0.25, 0.3) is 0 Å². The quantitative estimate of drug-likeness (QED) is 0.788. The van der Waals surface area contributed by atoms with Crippen molar-refractivity contribution in [1.29, 1.82) is 0 Å². The zero-order valence-corrected chi connectivity index (χ0v) is 16.8. The van der Waals surface area contributed by atoms with Crippen LogP contribution in [0.4, 0.5) is 0 Å². The van der Waals surface area contributed by atoms with Gasteiger partial charge >= 0.3 is 0 Å². The van der Waals surface area contributed by atoms with E-state index in [1.807, 2.05) is 18.2 Å². The topological polar surface area (TPSA) is 47.7 Å². The smallest absolute Gasteiger partial charge is 0.128 e. The molecule has 136 valence electrons. The lowest BCUT2D eigenvalue weighted by Crippen LogP contribution is -2.28. The van der Waals surface area contributed by atoms with Crippen LogP contribution in [0.25, 0.3) is 0 Å². The lowest BCUT2D eigenvalue weighted by atomic mass is 9.95. The molecule has 1 aliphatic heterocycles. The van der Waals surface area contributed by atoms with Crippen molar-refractivity contribution in [1.82, 2.24) is 4.90 Å². The average molecular weight is 428 g/mol. The molecule has 0 amide bonds. The molecule has 2 atom stereocenters. The van der Waals surface area contributed by atoms with Crippen molar-refractivity contribution >= 4 is 28.3 Å². The summed E-state index contributed by atoms with van der Waals surface area (Å²) in [6.07, 6.45) is 0. The third kappa shape index (κ3) is 4.47. The summed E-state index contributed by atoms with van der Waals surface area (Å²) in [7, 11) is 3.35. The molecular formula is C19H24BrClN2O2. The van der Waals surface area contributed by atoms with Crippen molar-refractivity contribution < 1.29 is 9.47 Å². The van der Waals surface area contributed by atoms with Crippen LogP contribution < -0.4 is 15.2 Å². The first-order valence-corrected chi connectivity index (χ1v) is 8.85. The van der Waals surface area contributed by atoms with Crippen LogP contribution in [0.1, 0.15) is 17.0 Å². The Morgan fingerprint density at radius 2 is 1.84 bits per heavy atom. The molecule has 0 aliphatic carbocycles. The van der Waals surface area contributed by atoms with Gasteiger partial charge < -0.3 is 15.2 Å². The molecule has 1 aliphatic rings. The van der Waals surface area contributed by atoms with Crippen molar-refractivity contribution in [3.63, 3.8) is 0 Å². The number of benzene rings is 2. The molecule has 1 fully saturated rings. The van der Waals surface area contributed by atoms with Gasteiger partial charge in [0.2, 0.25) is 0 Å². The van der Waals surface area contributed by atoms with Gasteiger partial charge in [-0.05, 0) is 11.6 Å². The van der Waals surface area contributed by atoms with E-state index in [4.69, 9.17) is 15.2 Å². The number of methoxy groups -OCH3 is 2. The Morgan fingerprint density at radius 3 is 2.48 bits per heavy atom. The minimum atomic E-state index is 0. The highest BCUT2D eigenvalue weighted by Gasteiger charge is 2.31. The highest BCUT2D eigenvalue weighted by Crippen LogP contribution is 2.35. The van der Waals surface area contributed by atoms with Crippen molar-refractivity contribution in [3.8, 4) is 11.5 Å². The summed E-state index contributed by atoms with van der Waals surface area (Å²) in [6.45, 7) is 2.62. The van der Waals surface area contributed by atoms with E-state index in [2.05, 4.69) is 45.1 Å². The van der Waals surface area contributed by atoms with E-state index in [1.165, 1.54) is 5.56 Å². The van der Waals surface area contributed by atoms with E-state index < -0.39 is 0 Å². The fourth-order valence-electron chi connectivity index (χ4n) is 3.36. The van der Waals surface area contributed by atoms with Gasteiger partial charge in [-0.2, -0.15) is 0 Å². The molecule has 0 aromatic heterocycles. The van der Waals surface area contributed by atoms with Gasteiger partial charge in [0.15, 0.2) is 0 Å². The average Bonchev–Trinajstić information content (AvgIpc) is 2.97. The number of ether oxygens (including phenoxy) is 2. The van der Waals surface area contributed by atoms with E-state index in [-0.39, 0.29) is 18.4 Å². The maximum Gasteiger partial charge on any atom is 0.128 e. The summed E-state index contributed by atoms with van der Waals surface area (Å²) in [6, 6.07) is 14.6. The molecule has 2 aromatic carbocycles. The Balaban J connectivity index is 0.00000225. The third-order valence-corrected chi connectivity index (χ3v) is 5.34. The van der Waals surface area contributed by atoms with Crippen LogP contribution in [0.2, 0.25) is 0 Å². The van der Waals surface area contributed by atoms with E-state index in [0.717, 1.165) is 41.2 Å². The molecule has 0 radical (unpaired) electrons. The second-order valence-corrected chi connectivity index (χ2v) is 7.02. The van der Waals surface area contributed by atoms with Gasteiger partial charge in [-0.1, -0.05) is 46.3 Å². The fraction of sp³-hybridized carbons (Fsp3) is 0.368. The summed E-state index contributed by atoms with van der Waals surface area (Å²) in [4.78, 5) is 2.39. The lowest BCUT2D eigenvalue weighted by Gasteiger charge is -2.19. The molecule has 0 unspecified atom stereocenters. The molecular weight excluding hydrogens is 404 g/mol. The van der Waals surface area contributed by atoms with E-state index in [1.54, 1.807) is 14.2 Å². The first kappa shape index (κ1) is 20.0. The van der Waals surface area contributed by atoms with Crippen LogP contribution in [0, 0.1) is 0 Å². The maximum atomic E-state index is 6.40. The Hall–Kier alpha value is -1.27. The highest BCUT2D eigenvalue weighted by molar-refractivity contribution is 9.10. The largest absolute Gasteiger partial charge is 0.497 e. The summed E-state index contributed by atoms with van der Waals surface area (Å²) < 4.78 is 11.9. The van der Waals surface area contributed by atoms with E-state index >= 15 is 0 Å². The molecule has 0 saturated carbocycles. The first-order valence-electron chi connectivity index (χ1n) is 8.05. The monoisotopic (exact) mass is 426 g/mol. The Bertz CT molecular complexity index is 699. The van der Waals surface area contributed by atoms with Crippen LogP contribution >= 0.6 is 28.3 Å². The molecule has 4 nitrogen and oxygen atoms in total. The predicted molar refractivity (Wildman–Crippen MR) is 107 cm³/mol. The normalized spacial score (nSPS) is 20.2. The Kier molecular flexibility index (Phi) is 7.14. The number of hydrogen-bond acceptors (Lipinski definition) is 4. The number of hydrogen-bond donors (Lipinski definition) is 1. The zero-order valence-electron chi connectivity index (χ0n) is 14.4. The standard InChI is InChI=1S/C19H23BrN2O2.ClH/c1-23-14-8-17(20)16(19(9-14)24-2)11-22-10-15(18(21)12-22)13-6-4-3-5-7-13;/h3-9,15,18H,10-12,21H2,1-2H3;1H/t15-,18+;/m0./s1. The van der Waals surface area contributed by atoms with Crippen LogP contribution in [0.5, 0.6) is 11.5 Å². The van der Waals surface area contributed by atoms with E-state index in [0.29, 0.717) is 5.92 Å². The molecule has 1 saturated heterocycles. The van der Waals surface area contributed by atoms with Crippen LogP contribution in [-0.4, -0.2) is 38.3 Å². The van der Waals surface area contributed by atoms with Crippen molar-refractivity contribution in [2.45, 2.75) is 18.5 Å². The van der Waals surface area contributed by atoms with Crippen molar-refractivity contribution in [3.05, 3.63) is 58.1 Å². The number of nitrogens with zero attached hydrogens (tertiary/aromatic N) is 1. The number of halogens is 2. The fourth-order valence-corrected chi connectivity index (χ4v) is 3.91. The molecule has 0 bridgehead atoms. The molecule has 3 rings (SSSR count). The van der Waals surface area contributed by atoms with Crippen LogP contribution in [0.15, 0.2) is 46.9 Å². The van der Waals surface area contributed by atoms with Gasteiger partial charge in [-0.25, -0.2) is 0 Å². The van der Waals surface area contributed by atoms with Crippen molar-refractivity contribution in [2.24, 2.45) is 5.73 Å². The summed E-state index contributed by atoms with van der Waals surface area (Å²) >= 11 is 3.64. The molecule has 0 spiro atoms. The lowest BCUT2D eigenvalue weighted by molar-refractivity contribution is 0.312. The maximum absolute atomic E-state index is 6.40. The second-order valence-electron chi connectivity index (χ2n) is 6.17. The minimum Gasteiger partial charge on any atom is -0.497 e. The second kappa shape index (κ2) is 8.90. The summed E-state index contributed by atoms with van der Waals surface area (Å²) in [5.74, 6) is 1.98. The SMILES string of the molecule is COc1cc(Br)c(CN2C[C@@H](N)[C@H](c3ccccc3)C2)c(OC)c1.Cl. The molecule has 25 heavy (non-hydrogen) atoms. The number of nitrogens with two attached hydrogens (primary N) is 1. The highest BCUT2D eigenvalue weighted by atomic mass is 79.9.